The van der Waals surface area contributed by atoms with E-state index in [1.807, 2.05) is 26.0 Å². The summed E-state index contributed by atoms with van der Waals surface area (Å²) in [4.78, 5) is 0. The molecular weight excluding hydrogens is 180 g/mol. The van der Waals surface area contributed by atoms with E-state index in [4.69, 9.17) is 0 Å². The zero-order valence-electron chi connectivity index (χ0n) is 11.6. The Morgan fingerprint density at radius 3 is 1.87 bits per heavy atom. The van der Waals surface area contributed by atoms with Crippen molar-refractivity contribution in [1.29, 1.82) is 0 Å². The first-order chi connectivity index (χ1) is 7.13. The van der Waals surface area contributed by atoms with Gasteiger partial charge in [0, 0.05) is 0 Å². The number of hydrogen-bond donors (Lipinski definition) is 0. The van der Waals surface area contributed by atoms with Gasteiger partial charge in [-0.15, -0.1) is 0 Å². The predicted octanol–water partition coefficient (Wildman–Crippen LogP) is 5.77. The van der Waals surface area contributed by atoms with Gasteiger partial charge in [0.05, 0.1) is 0 Å². The molecule has 0 aromatic heterocycles. The van der Waals surface area contributed by atoms with Gasteiger partial charge in [-0.05, 0) is 12.3 Å². The van der Waals surface area contributed by atoms with Gasteiger partial charge >= 0.3 is 0 Å². The van der Waals surface area contributed by atoms with Crippen LogP contribution in [0, 0.1) is 5.92 Å². The molecule has 0 N–H and O–H groups in total. The second kappa shape index (κ2) is 18.9. The molecular formula is C15H30. The van der Waals surface area contributed by atoms with E-state index < -0.39 is 0 Å². The molecule has 1 atom stereocenters. The van der Waals surface area contributed by atoms with Gasteiger partial charge in [0.15, 0.2) is 0 Å². The highest BCUT2D eigenvalue weighted by Gasteiger charge is 1.97. The first-order valence-electron chi connectivity index (χ1n) is 6.11. The summed E-state index contributed by atoms with van der Waals surface area (Å²) in [7, 11) is 0. The lowest BCUT2D eigenvalue weighted by Gasteiger charge is -2.06. The summed E-state index contributed by atoms with van der Waals surface area (Å²) in [6.45, 7) is 20.1. The predicted molar refractivity (Wildman–Crippen MR) is 75.2 cm³/mol. The highest BCUT2D eigenvalue weighted by atomic mass is 14.0. The lowest BCUT2D eigenvalue weighted by atomic mass is 10.00. The van der Waals surface area contributed by atoms with Crippen molar-refractivity contribution in [3.8, 4) is 0 Å². The molecule has 90 valence electrons. The molecule has 0 aliphatic rings. The highest BCUT2D eigenvalue weighted by molar-refractivity contribution is 5.19. The first kappa shape index (κ1) is 19.7. The average molecular weight is 210 g/mol. The van der Waals surface area contributed by atoms with Crippen molar-refractivity contribution in [1.82, 2.24) is 0 Å². The van der Waals surface area contributed by atoms with Crippen LogP contribution in [0.5, 0.6) is 0 Å². The minimum atomic E-state index is 0.594. The fraction of sp³-hybridized carbons (Fsp3) is 0.600. The second-order valence-electron chi connectivity index (χ2n) is 3.19. The van der Waals surface area contributed by atoms with Crippen LogP contribution in [0.25, 0.3) is 0 Å². The monoisotopic (exact) mass is 210 g/mol. The highest BCUT2D eigenvalue weighted by Crippen LogP contribution is 2.12. The lowest BCUT2D eigenvalue weighted by molar-refractivity contribution is 0.673. The van der Waals surface area contributed by atoms with Gasteiger partial charge < -0.3 is 0 Å². The Hall–Kier alpha value is -0.780. The molecule has 0 aromatic carbocycles. The SMILES string of the molecule is C=C/C=C\C(=C)C(C)CC.CC.CCC. The molecule has 0 bridgehead atoms. The molecule has 0 amide bonds. The van der Waals surface area contributed by atoms with Crippen molar-refractivity contribution in [3.63, 3.8) is 0 Å². The summed E-state index contributed by atoms with van der Waals surface area (Å²) in [6, 6.07) is 0. The molecule has 0 aliphatic carbocycles. The summed E-state index contributed by atoms with van der Waals surface area (Å²) >= 11 is 0. The Balaban J connectivity index is -0.000000245. The van der Waals surface area contributed by atoms with E-state index in [0.717, 1.165) is 6.42 Å². The van der Waals surface area contributed by atoms with Crippen molar-refractivity contribution in [3.05, 3.63) is 37.0 Å². The Morgan fingerprint density at radius 1 is 1.20 bits per heavy atom. The summed E-state index contributed by atoms with van der Waals surface area (Å²) in [5.74, 6) is 0.594. The molecule has 0 saturated heterocycles. The number of hydrogen-bond acceptors (Lipinski definition) is 0. The van der Waals surface area contributed by atoms with E-state index in [2.05, 4.69) is 40.9 Å². The Bertz CT molecular complexity index is 151. The quantitative estimate of drug-likeness (QED) is 0.516. The van der Waals surface area contributed by atoms with Crippen LogP contribution in [0.3, 0.4) is 0 Å². The third-order valence-electron chi connectivity index (χ3n) is 1.69. The third kappa shape index (κ3) is 19.6. The van der Waals surface area contributed by atoms with Crippen LogP contribution in [0.4, 0.5) is 0 Å². The van der Waals surface area contributed by atoms with E-state index in [9.17, 15) is 0 Å². The summed E-state index contributed by atoms with van der Waals surface area (Å²) < 4.78 is 0. The Morgan fingerprint density at radius 2 is 1.60 bits per heavy atom. The fourth-order valence-corrected chi connectivity index (χ4v) is 0.618. The van der Waals surface area contributed by atoms with Gasteiger partial charge in [0.25, 0.3) is 0 Å². The van der Waals surface area contributed by atoms with E-state index in [1.54, 1.807) is 6.08 Å². The largest absolute Gasteiger partial charge is 0.0991 e. The normalized spacial score (nSPS) is 10.5. The maximum Gasteiger partial charge on any atom is -0.0199 e. The molecule has 0 spiro atoms. The molecule has 0 heterocycles. The minimum absolute atomic E-state index is 0.594. The molecule has 0 heteroatoms. The topological polar surface area (TPSA) is 0 Å². The minimum Gasteiger partial charge on any atom is -0.0991 e. The lowest BCUT2D eigenvalue weighted by Crippen LogP contribution is -1.92. The zero-order chi connectivity index (χ0) is 12.7. The van der Waals surface area contributed by atoms with Crippen molar-refractivity contribution in [2.24, 2.45) is 5.92 Å². The first-order valence-corrected chi connectivity index (χ1v) is 6.11. The molecule has 0 aliphatic heterocycles. The summed E-state index contributed by atoms with van der Waals surface area (Å²) in [6.07, 6.45) is 8.11. The van der Waals surface area contributed by atoms with E-state index in [-0.39, 0.29) is 0 Å². The van der Waals surface area contributed by atoms with Gasteiger partial charge in [-0.1, -0.05) is 84.9 Å². The Labute approximate surface area is 97.8 Å². The Kier molecular flexibility index (Phi) is 24.9. The second-order valence-corrected chi connectivity index (χ2v) is 3.19. The molecule has 0 rings (SSSR count). The van der Waals surface area contributed by atoms with Crippen molar-refractivity contribution in [2.45, 2.75) is 54.4 Å². The third-order valence-corrected chi connectivity index (χ3v) is 1.69. The molecule has 0 radical (unpaired) electrons. The van der Waals surface area contributed by atoms with Gasteiger partial charge in [-0.3, -0.25) is 0 Å². The maximum atomic E-state index is 3.93. The van der Waals surface area contributed by atoms with Crippen LogP contribution in [-0.2, 0) is 0 Å². The van der Waals surface area contributed by atoms with Crippen LogP contribution in [0.2, 0.25) is 0 Å². The summed E-state index contributed by atoms with van der Waals surface area (Å²) in [5.41, 5.74) is 1.18. The maximum absolute atomic E-state index is 3.93. The van der Waals surface area contributed by atoms with E-state index in [0.29, 0.717) is 5.92 Å². The molecule has 1 unspecified atom stereocenters. The van der Waals surface area contributed by atoms with Crippen molar-refractivity contribution < 1.29 is 0 Å². The number of rotatable bonds is 4. The van der Waals surface area contributed by atoms with Gasteiger partial charge in [0.1, 0.15) is 0 Å². The zero-order valence-corrected chi connectivity index (χ0v) is 11.6. The molecule has 0 aromatic rings. The standard InChI is InChI=1S/C10H16.C3H8.C2H6/c1-5-7-8-10(4)9(3)6-2;1-3-2;1-2/h5,7-9H,1,4,6H2,2-3H3;3H2,1-2H3;1-2H3/b8-7-;;. The van der Waals surface area contributed by atoms with Crippen LogP contribution >= 0.6 is 0 Å². The number of allylic oxidation sites excluding steroid dienone is 4. The van der Waals surface area contributed by atoms with Crippen LogP contribution in [0.15, 0.2) is 37.0 Å². The average Bonchev–Trinajstić information content (AvgIpc) is 2.28. The molecule has 0 saturated carbocycles. The molecule has 0 nitrogen and oxygen atoms in total. The van der Waals surface area contributed by atoms with Crippen LogP contribution in [0.1, 0.15) is 54.4 Å². The van der Waals surface area contributed by atoms with Crippen molar-refractivity contribution >= 4 is 0 Å². The summed E-state index contributed by atoms with van der Waals surface area (Å²) in [5, 5.41) is 0. The van der Waals surface area contributed by atoms with Gasteiger partial charge in [0.2, 0.25) is 0 Å². The van der Waals surface area contributed by atoms with Gasteiger partial charge in [-0.2, -0.15) is 0 Å². The van der Waals surface area contributed by atoms with Crippen LogP contribution < -0.4 is 0 Å². The van der Waals surface area contributed by atoms with Gasteiger partial charge in [-0.25, -0.2) is 0 Å². The van der Waals surface area contributed by atoms with E-state index >= 15 is 0 Å². The fourth-order valence-electron chi connectivity index (χ4n) is 0.618. The van der Waals surface area contributed by atoms with Crippen molar-refractivity contribution in [2.75, 3.05) is 0 Å². The smallest absolute Gasteiger partial charge is 0.0199 e. The molecule has 15 heavy (non-hydrogen) atoms. The van der Waals surface area contributed by atoms with Crippen LogP contribution in [-0.4, -0.2) is 0 Å². The molecule has 0 fully saturated rings. The van der Waals surface area contributed by atoms with E-state index in [1.165, 1.54) is 12.0 Å².